The molecule has 82 valence electrons. The normalized spacial score (nSPS) is 19.6. The van der Waals surface area contributed by atoms with E-state index in [1.54, 1.807) is 6.92 Å². The summed E-state index contributed by atoms with van der Waals surface area (Å²) in [6, 6.07) is 0. The standard InChI is InChI=1S/C10H14N2O2S/c1-6-5-15-9(11-6)12-10(2,8(13)14)7-3-4-7/h5,7H,3-4H2,1-2H3,(H,11,12)(H,13,14). The quantitative estimate of drug-likeness (QED) is 0.825. The molecule has 2 N–H and O–H groups in total. The first-order valence-electron chi connectivity index (χ1n) is 4.96. The van der Waals surface area contributed by atoms with E-state index in [1.165, 1.54) is 11.3 Å². The van der Waals surface area contributed by atoms with E-state index in [4.69, 9.17) is 0 Å². The summed E-state index contributed by atoms with van der Waals surface area (Å²) in [5.41, 5.74) is 0.0654. The fourth-order valence-corrected chi connectivity index (χ4v) is 2.43. The maximum Gasteiger partial charge on any atom is 0.329 e. The zero-order chi connectivity index (χ0) is 11.1. The lowest BCUT2D eigenvalue weighted by molar-refractivity contribution is -0.142. The third kappa shape index (κ3) is 1.97. The number of carboxylic acid groups (broad SMARTS) is 1. The molecule has 1 fully saturated rings. The summed E-state index contributed by atoms with van der Waals surface area (Å²) < 4.78 is 0. The Kier molecular flexibility index (Phi) is 2.42. The van der Waals surface area contributed by atoms with Crippen molar-refractivity contribution in [3.8, 4) is 0 Å². The number of aromatic nitrogens is 1. The van der Waals surface area contributed by atoms with Crippen molar-refractivity contribution in [2.75, 3.05) is 5.32 Å². The molecule has 1 saturated carbocycles. The van der Waals surface area contributed by atoms with Crippen molar-refractivity contribution in [2.45, 2.75) is 32.2 Å². The van der Waals surface area contributed by atoms with Gasteiger partial charge >= 0.3 is 5.97 Å². The number of nitrogens with one attached hydrogen (secondary N) is 1. The van der Waals surface area contributed by atoms with E-state index < -0.39 is 11.5 Å². The molecule has 1 unspecified atom stereocenters. The minimum atomic E-state index is -0.857. The van der Waals surface area contributed by atoms with E-state index in [-0.39, 0.29) is 5.92 Å². The van der Waals surface area contributed by atoms with Gasteiger partial charge in [-0.15, -0.1) is 11.3 Å². The molecule has 0 aromatic carbocycles. The highest BCUT2D eigenvalue weighted by molar-refractivity contribution is 7.13. The Balaban J connectivity index is 2.16. The van der Waals surface area contributed by atoms with Crippen LogP contribution in [0.15, 0.2) is 5.38 Å². The average molecular weight is 226 g/mol. The molecule has 1 heterocycles. The highest BCUT2D eigenvalue weighted by atomic mass is 32.1. The molecule has 0 spiro atoms. The molecule has 1 aliphatic rings. The number of aryl methyl sites for hydroxylation is 1. The fourth-order valence-electron chi connectivity index (χ4n) is 1.62. The summed E-state index contributed by atoms with van der Waals surface area (Å²) in [5, 5.41) is 14.9. The molecule has 0 bridgehead atoms. The van der Waals surface area contributed by atoms with Gasteiger partial charge in [0.2, 0.25) is 0 Å². The van der Waals surface area contributed by atoms with Crippen LogP contribution in [0.3, 0.4) is 0 Å². The van der Waals surface area contributed by atoms with Crippen LogP contribution in [0.25, 0.3) is 0 Å². The number of anilines is 1. The molecule has 0 amide bonds. The van der Waals surface area contributed by atoms with Gasteiger partial charge in [-0.1, -0.05) is 0 Å². The lowest BCUT2D eigenvalue weighted by Gasteiger charge is -2.25. The van der Waals surface area contributed by atoms with Crippen LogP contribution in [0.4, 0.5) is 5.13 Å². The Bertz CT molecular complexity index is 387. The van der Waals surface area contributed by atoms with Gasteiger partial charge in [0.05, 0.1) is 5.69 Å². The van der Waals surface area contributed by atoms with Crippen LogP contribution in [0.5, 0.6) is 0 Å². The highest BCUT2D eigenvalue weighted by Crippen LogP contribution is 2.41. The Morgan fingerprint density at radius 2 is 2.40 bits per heavy atom. The van der Waals surface area contributed by atoms with Crippen molar-refractivity contribution in [1.82, 2.24) is 4.98 Å². The van der Waals surface area contributed by atoms with Crippen molar-refractivity contribution >= 4 is 22.4 Å². The molecule has 0 saturated heterocycles. The van der Waals surface area contributed by atoms with Crippen molar-refractivity contribution in [1.29, 1.82) is 0 Å². The van der Waals surface area contributed by atoms with Crippen LogP contribution in [0, 0.1) is 12.8 Å². The third-order valence-electron chi connectivity index (χ3n) is 2.82. The predicted molar refractivity (Wildman–Crippen MR) is 59.2 cm³/mol. The number of thiazole rings is 1. The first-order chi connectivity index (χ1) is 7.02. The van der Waals surface area contributed by atoms with Crippen LogP contribution in [-0.4, -0.2) is 21.6 Å². The SMILES string of the molecule is Cc1csc(NC(C)(C(=O)O)C2CC2)n1. The zero-order valence-electron chi connectivity index (χ0n) is 8.78. The van der Waals surface area contributed by atoms with Gasteiger partial charge in [0.1, 0.15) is 5.54 Å². The van der Waals surface area contributed by atoms with Crippen molar-refractivity contribution in [3.63, 3.8) is 0 Å². The number of carboxylic acids is 1. The minimum absolute atomic E-state index is 0.235. The maximum atomic E-state index is 11.2. The number of hydrogen-bond acceptors (Lipinski definition) is 4. The molecular formula is C10H14N2O2S. The lowest BCUT2D eigenvalue weighted by Crippen LogP contribution is -2.45. The Morgan fingerprint density at radius 3 is 2.80 bits per heavy atom. The Morgan fingerprint density at radius 1 is 1.73 bits per heavy atom. The second-order valence-corrected chi connectivity index (χ2v) is 5.06. The molecule has 5 heteroatoms. The molecule has 1 aromatic rings. The first-order valence-corrected chi connectivity index (χ1v) is 5.84. The van der Waals surface area contributed by atoms with Gasteiger partial charge in [-0.2, -0.15) is 0 Å². The first kappa shape index (κ1) is 10.4. The number of aliphatic carboxylic acids is 1. The van der Waals surface area contributed by atoms with Crippen LogP contribution in [0.1, 0.15) is 25.5 Å². The molecule has 0 radical (unpaired) electrons. The van der Waals surface area contributed by atoms with Gasteiger partial charge in [0.15, 0.2) is 5.13 Å². The van der Waals surface area contributed by atoms with E-state index in [2.05, 4.69) is 10.3 Å². The smallest absolute Gasteiger partial charge is 0.329 e. The Hall–Kier alpha value is -1.10. The van der Waals surface area contributed by atoms with Gasteiger partial charge < -0.3 is 10.4 Å². The molecule has 2 rings (SSSR count). The monoisotopic (exact) mass is 226 g/mol. The van der Waals surface area contributed by atoms with E-state index >= 15 is 0 Å². The van der Waals surface area contributed by atoms with Crippen molar-refractivity contribution < 1.29 is 9.90 Å². The molecular weight excluding hydrogens is 212 g/mol. The van der Waals surface area contributed by atoms with E-state index in [0.717, 1.165) is 18.5 Å². The van der Waals surface area contributed by atoms with Gasteiger partial charge in [-0.25, -0.2) is 9.78 Å². The predicted octanol–water partition coefficient (Wildman–Crippen LogP) is 2.12. The molecule has 0 aliphatic heterocycles. The highest BCUT2D eigenvalue weighted by Gasteiger charge is 2.48. The zero-order valence-corrected chi connectivity index (χ0v) is 9.60. The second-order valence-electron chi connectivity index (χ2n) is 4.20. The summed E-state index contributed by atoms with van der Waals surface area (Å²) in [7, 11) is 0. The van der Waals surface area contributed by atoms with Gasteiger partial charge in [0, 0.05) is 5.38 Å². The van der Waals surface area contributed by atoms with Crippen LogP contribution in [0.2, 0.25) is 0 Å². The Labute approximate surface area is 92.3 Å². The summed E-state index contributed by atoms with van der Waals surface area (Å²) in [4.78, 5) is 15.5. The molecule has 15 heavy (non-hydrogen) atoms. The molecule has 1 aromatic heterocycles. The number of nitrogens with zero attached hydrogens (tertiary/aromatic N) is 1. The second kappa shape index (κ2) is 3.48. The topological polar surface area (TPSA) is 62.2 Å². The summed E-state index contributed by atoms with van der Waals surface area (Å²) in [5.74, 6) is -0.558. The largest absolute Gasteiger partial charge is 0.480 e. The summed E-state index contributed by atoms with van der Waals surface area (Å²) in [6.07, 6.45) is 1.97. The molecule has 4 nitrogen and oxygen atoms in total. The lowest BCUT2D eigenvalue weighted by atomic mass is 9.96. The number of rotatable bonds is 4. The number of hydrogen-bond donors (Lipinski definition) is 2. The van der Waals surface area contributed by atoms with Gasteiger partial charge in [-0.05, 0) is 32.6 Å². The maximum absolute atomic E-state index is 11.2. The van der Waals surface area contributed by atoms with Gasteiger partial charge in [-0.3, -0.25) is 0 Å². The number of carbonyl (C=O) groups is 1. The fraction of sp³-hybridized carbons (Fsp3) is 0.600. The molecule has 1 aliphatic carbocycles. The van der Waals surface area contributed by atoms with E-state index in [0.29, 0.717) is 5.13 Å². The molecule has 1 atom stereocenters. The van der Waals surface area contributed by atoms with Crippen molar-refractivity contribution in [3.05, 3.63) is 11.1 Å². The van der Waals surface area contributed by atoms with Gasteiger partial charge in [0.25, 0.3) is 0 Å². The van der Waals surface area contributed by atoms with Crippen LogP contribution in [-0.2, 0) is 4.79 Å². The van der Waals surface area contributed by atoms with Crippen LogP contribution < -0.4 is 5.32 Å². The van der Waals surface area contributed by atoms with E-state index in [9.17, 15) is 9.90 Å². The van der Waals surface area contributed by atoms with Crippen molar-refractivity contribution in [2.24, 2.45) is 5.92 Å². The summed E-state index contributed by atoms with van der Waals surface area (Å²) >= 11 is 1.45. The average Bonchev–Trinajstić information content (AvgIpc) is 2.92. The van der Waals surface area contributed by atoms with Crippen LogP contribution >= 0.6 is 11.3 Å². The third-order valence-corrected chi connectivity index (χ3v) is 3.70. The summed E-state index contributed by atoms with van der Waals surface area (Å²) in [6.45, 7) is 3.64. The minimum Gasteiger partial charge on any atom is -0.480 e. The van der Waals surface area contributed by atoms with E-state index in [1.807, 2.05) is 12.3 Å².